The molecule has 20 heavy (non-hydrogen) atoms. The number of nitrogens with zero attached hydrogens (tertiary/aromatic N) is 3. The highest BCUT2D eigenvalue weighted by Gasteiger charge is 2.18. The highest BCUT2D eigenvalue weighted by molar-refractivity contribution is 7.89. The van der Waals surface area contributed by atoms with Crippen LogP contribution in [-0.4, -0.2) is 36.8 Å². The van der Waals surface area contributed by atoms with Gasteiger partial charge in [0.2, 0.25) is 5.09 Å². The lowest BCUT2D eigenvalue weighted by atomic mass is 10.4. The highest BCUT2D eigenvalue weighted by Crippen LogP contribution is 2.13. The molecule has 2 rings (SSSR count). The molecular formula is C11H17N5O3S. The Labute approximate surface area is 117 Å². The van der Waals surface area contributed by atoms with Gasteiger partial charge in [-0.25, -0.2) is 13.1 Å². The van der Waals surface area contributed by atoms with E-state index in [4.69, 9.17) is 4.42 Å². The van der Waals surface area contributed by atoms with Crippen LogP contribution in [0.15, 0.2) is 28.0 Å². The number of hydrogen-bond donors (Lipinski definition) is 2. The lowest BCUT2D eigenvalue weighted by Gasteiger charge is -2.04. The third-order valence-corrected chi connectivity index (χ3v) is 4.03. The van der Waals surface area contributed by atoms with Crippen LogP contribution in [0.1, 0.15) is 11.6 Å². The van der Waals surface area contributed by atoms with Gasteiger partial charge in [-0.2, -0.15) is 0 Å². The standard InChI is InChI=1S/C11H17N5O3S/c1-12-7-9-3-4-11(19-9)20(17,18)14-6-5-10-15-13-8-16(10)2/h3-4,8,12,14H,5-7H2,1-2H3. The average molecular weight is 299 g/mol. The first-order chi connectivity index (χ1) is 9.53. The maximum absolute atomic E-state index is 12.0. The second-order valence-electron chi connectivity index (χ2n) is 4.26. The number of rotatable bonds is 7. The molecular weight excluding hydrogens is 282 g/mol. The Morgan fingerprint density at radius 2 is 2.20 bits per heavy atom. The molecule has 0 atom stereocenters. The van der Waals surface area contributed by atoms with Crippen LogP contribution < -0.4 is 10.0 Å². The van der Waals surface area contributed by atoms with Crippen molar-refractivity contribution in [1.29, 1.82) is 0 Å². The minimum atomic E-state index is -3.63. The van der Waals surface area contributed by atoms with Crippen LogP contribution >= 0.6 is 0 Å². The van der Waals surface area contributed by atoms with E-state index in [0.29, 0.717) is 24.6 Å². The predicted molar refractivity (Wildman–Crippen MR) is 71.4 cm³/mol. The monoisotopic (exact) mass is 299 g/mol. The number of furan rings is 1. The first kappa shape index (κ1) is 14.7. The molecule has 2 aromatic heterocycles. The first-order valence-electron chi connectivity index (χ1n) is 6.09. The summed E-state index contributed by atoms with van der Waals surface area (Å²) in [6, 6.07) is 3.07. The second kappa shape index (κ2) is 6.16. The van der Waals surface area contributed by atoms with Crippen molar-refractivity contribution in [2.75, 3.05) is 13.6 Å². The van der Waals surface area contributed by atoms with Crippen molar-refractivity contribution >= 4 is 10.0 Å². The average Bonchev–Trinajstić information content (AvgIpc) is 3.00. The summed E-state index contributed by atoms with van der Waals surface area (Å²) in [7, 11) is -0.0600. The van der Waals surface area contributed by atoms with E-state index < -0.39 is 10.0 Å². The molecule has 0 bridgehead atoms. The van der Waals surface area contributed by atoms with Gasteiger partial charge in [-0.3, -0.25) is 0 Å². The van der Waals surface area contributed by atoms with Gasteiger partial charge >= 0.3 is 0 Å². The van der Waals surface area contributed by atoms with E-state index in [1.54, 1.807) is 31.1 Å². The van der Waals surface area contributed by atoms with Crippen molar-refractivity contribution in [2.45, 2.75) is 18.1 Å². The summed E-state index contributed by atoms with van der Waals surface area (Å²) < 4.78 is 33.5. The fourth-order valence-electron chi connectivity index (χ4n) is 1.67. The van der Waals surface area contributed by atoms with Gasteiger partial charge in [-0.15, -0.1) is 10.2 Å². The fraction of sp³-hybridized carbons (Fsp3) is 0.455. The van der Waals surface area contributed by atoms with Gasteiger partial charge in [-0.05, 0) is 19.2 Å². The van der Waals surface area contributed by atoms with Crippen molar-refractivity contribution in [2.24, 2.45) is 7.05 Å². The molecule has 0 aliphatic heterocycles. The van der Waals surface area contributed by atoms with Crippen LogP contribution in [0.3, 0.4) is 0 Å². The topological polar surface area (TPSA) is 102 Å². The smallest absolute Gasteiger partial charge is 0.273 e. The molecule has 2 heterocycles. The maximum atomic E-state index is 12.0. The molecule has 0 aromatic carbocycles. The highest BCUT2D eigenvalue weighted by atomic mass is 32.2. The first-order valence-corrected chi connectivity index (χ1v) is 7.57. The third-order valence-electron chi connectivity index (χ3n) is 2.70. The van der Waals surface area contributed by atoms with E-state index in [0.717, 1.165) is 0 Å². The molecule has 0 amide bonds. The normalized spacial score (nSPS) is 11.9. The number of aromatic nitrogens is 3. The minimum Gasteiger partial charge on any atom is -0.447 e. The molecule has 0 unspecified atom stereocenters. The van der Waals surface area contributed by atoms with Gasteiger partial charge in [0.25, 0.3) is 10.0 Å². The Morgan fingerprint density at radius 3 is 2.85 bits per heavy atom. The number of nitrogens with one attached hydrogen (secondary N) is 2. The minimum absolute atomic E-state index is 0.0827. The molecule has 0 aliphatic rings. The molecule has 9 heteroatoms. The Kier molecular flexibility index (Phi) is 4.53. The molecule has 0 radical (unpaired) electrons. The zero-order valence-electron chi connectivity index (χ0n) is 11.3. The molecule has 0 saturated carbocycles. The number of sulfonamides is 1. The van der Waals surface area contributed by atoms with E-state index in [9.17, 15) is 8.42 Å². The Bertz CT molecular complexity index is 661. The van der Waals surface area contributed by atoms with Crippen LogP contribution in [0.2, 0.25) is 0 Å². The van der Waals surface area contributed by atoms with Gasteiger partial charge in [0.15, 0.2) is 0 Å². The molecule has 0 fully saturated rings. The Balaban J connectivity index is 1.95. The zero-order valence-corrected chi connectivity index (χ0v) is 12.1. The van der Waals surface area contributed by atoms with Gasteiger partial charge in [-0.1, -0.05) is 0 Å². The molecule has 0 spiro atoms. The van der Waals surface area contributed by atoms with Gasteiger partial charge in [0.05, 0.1) is 6.54 Å². The summed E-state index contributed by atoms with van der Waals surface area (Å²) in [4.78, 5) is 0. The summed E-state index contributed by atoms with van der Waals surface area (Å²) in [6.45, 7) is 0.714. The van der Waals surface area contributed by atoms with Crippen molar-refractivity contribution in [3.63, 3.8) is 0 Å². The van der Waals surface area contributed by atoms with Crippen LogP contribution in [0.4, 0.5) is 0 Å². The van der Waals surface area contributed by atoms with E-state index >= 15 is 0 Å². The fourth-order valence-corrected chi connectivity index (χ4v) is 2.65. The molecule has 2 aromatic rings. The molecule has 110 valence electrons. The summed E-state index contributed by atoms with van der Waals surface area (Å²) >= 11 is 0. The number of hydrogen-bond acceptors (Lipinski definition) is 6. The Morgan fingerprint density at radius 1 is 1.40 bits per heavy atom. The van der Waals surface area contributed by atoms with Crippen LogP contribution in [0.5, 0.6) is 0 Å². The second-order valence-corrected chi connectivity index (χ2v) is 5.95. The van der Waals surface area contributed by atoms with E-state index in [1.165, 1.54) is 6.07 Å². The summed E-state index contributed by atoms with van der Waals surface area (Å²) in [6.07, 6.45) is 2.03. The Hall–Kier alpha value is -1.71. The summed E-state index contributed by atoms with van der Waals surface area (Å²) in [5.41, 5.74) is 0. The summed E-state index contributed by atoms with van der Waals surface area (Å²) in [5.74, 6) is 1.28. The van der Waals surface area contributed by atoms with E-state index in [2.05, 4.69) is 20.2 Å². The lowest BCUT2D eigenvalue weighted by molar-refractivity contribution is 0.404. The SMILES string of the molecule is CNCc1ccc(S(=O)(=O)NCCc2nncn2C)o1. The lowest BCUT2D eigenvalue weighted by Crippen LogP contribution is -2.26. The van der Waals surface area contributed by atoms with Crippen LogP contribution in [0.25, 0.3) is 0 Å². The van der Waals surface area contributed by atoms with Gasteiger partial charge in [0, 0.05) is 20.0 Å². The van der Waals surface area contributed by atoms with Crippen molar-refractivity contribution in [3.05, 3.63) is 30.0 Å². The van der Waals surface area contributed by atoms with Gasteiger partial charge < -0.3 is 14.3 Å². The van der Waals surface area contributed by atoms with Crippen molar-refractivity contribution in [3.8, 4) is 0 Å². The maximum Gasteiger partial charge on any atom is 0.273 e. The van der Waals surface area contributed by atoms with Crippen molar-refractivity contribution < 1.29 is 12.8 Å². The summed E-state index contributed by atoms with van der Waals surface area (Å²) in [5, 5.41) is 10.4. The molecule has 0 aliphatic carbocycles. The van der Waals surface area contributed by atoms with E-state index in [1.807, 2.05) is 0 Å². The zero-order chi connectivity index (χ0) is 14.6. The quantitative estimate of drug-likeness (QED) is 0.724. The largest absolute Gasteiger partial charge is 0.447 e. The predicted octanol–water partition coefficient (Wildman–Crippen LogP) is -0.351. The molecule has 2 N–H and O–H groups in total. The van der Waals surface area contributed by atoms with Crippen LogP contribution in [0, 0.1) is 0 Å². The third kappa shape index (κ3) is 3.44. The van der Waals surface area contributed by atoms with Gasteiger partial charge in [0.1, 0.15) is 17.9 Å². The molecule has 0 saturated heterocycles. The van der Waals surface area contributed by atoms with Crippen molar-refractivity contribution in [1.82, 2.24) is 24.8 Å². The van der Waals surface area contributed by atoms with E-state index in [-0.39, 0.29) is 11.6 Å². The van der Waals surface area contributed by atoms with Crippen LogP contribution in [-0.2, 0) is 30.0 Å². The number of aryl methyl sites for hydroxylation is 1. The molecule has 8 nitrogen and oxygen atoms in total.